The number of hydrogen-bond donors (Lipinski definition) is 2. The summed E-state index contributed by atoms with van der Waals surface area (Å²) in [4.78, 5) is 57.8. The summed E-state index contributed by atoms with van der Waals surface area (Å²) >= 11 is 0. The van der Waals surface area contributed by atoms with Crippen molar-refractivity contribution in [2.75, 3.05) is 31.1 Å². The SMILES string of the molecule is Cc1ccc(C)c(N2CC=C[C@@]34O[C@H]5/C=C\CCC(=O)NC[C@H](C)OC(=O)[C@H]5[C@@H]3C(=O)N(CCCCO)[C@H]4C2=O)c1. The number of nitrogens with one attached hydrogen (secondary N) is 1. The number of nitrogens with zero attached hydrogens (tertiary/aromatic N) is 2. The third-order valence-corrected chi connectivity index (χ3v) is 8.50. The standard InChI is InChI=1S/C31H39N3O7/c1-19-11-12-20(2)22(17-19)33-15-8-13-31-26(28(37)34(14-6-7-16-35)27(31)29(33)38)25-23(41-31)9-4-5-10-24(36)32-18-21(3)40-30(25)39/h4,8-9,11-13,17,21,23,25-27,35H,5-7,10,14-16,18H2,1-3H3,(H,32,36)/b9-4-/t21-,23-,25+,26+,27-,31+/m0/s1. The minimum absolute atomic E-state index is 0.0313. The number of benzene rings is 1. The van der Waals surface area contributed by atoms with E-state index in [0.29, 0.717) is 19.3 Å². The van der Waals surface area contributed by atoms with Crippen molar-refractivity contribution in [2.45, 2.75) is 70.3 Å². The van der Waals surface area contributed by atoms with Crippen LogP contribution < -0.4 is 10.2 Å². The maximum Gasteiger partial charge on any atom is 0.313 e. The first-order chi connectivity index (χ1) is 19.7. The number of cyclic esters (lactones) is 1. The Hall–Kier alpha value is -3.50. The number of rotatable bonds is 5. The van der Waals surface area contributed by atoms with Crippen molar-refractivity contribution in [1.29, 1.82) is 0 Å². The Labute approximate surface area is 240 Å². The lowest BCUT2D eigenvalue weighted by Crippen LogP contribution is -2.55. The summed E-state index contributed by atoms with van der Waals surface area (Å²) < 4.78 is 12.4. The molecule has 0 unspecified atom stereocenters. The predicted octanol–water partition coefficient (Wildman–Crippen LogP) is 1.96. The van der Waals surface area contributed by atoms with E-state index < -0.39 is 41.7 Å². The number of ether oxygens (including phenoxy) is 2. The van der Waals surface area contributed by atoms with Gasteiger partial charge in [-0.1, -0.05) is 36.4 Å². The predicted molar refractivity (Wildman–Crippen MR) is 151 cm³/mol. The molecule has 6 atom stereocenters. The third kappa shape index (κ3) is 5.30. The van der Waals surface area contributed by atoms with Gasteiger partial charge in [-0.3, -0.25) is 19.2 Å². The van der Waals surface area contributed by atoms with Crippen LogP contribution in [0.4, 0.5) is 5.69 Å². The Balaban J connectivity index is 1.59. The molecular weight excluding hydrogens is 526 g/mol. The molecule has 0 bridgehead atoms. The number of allylic oxidation sites excluding steroid dienone is 1. The largest absolute Gasteiger partial charge is 0.460 e. The maximum atomic E-state index is 14.5. The topological polar surface area (TPSA) is 125 Å². The van der Waals surface area contributed by atoms with E-state index in [9.17, 15) is 24.3 Å². The van der Waals surface area contributed by atoms with Gasteiger partial charge in [0.15, 0.2) is 0 Å². The summed E-state index contributed by atoms with van der Waals surface area (Å²) in [6.45, 7) is 6.27. The van der Waals surface area contributed by atoms with Crippen LogP contribution in [0.2, 0.25) is 0 Å². The van der Waals surface area contributed by atoms with Crippen LogP contribution in [0, 0.1) is 25.7 Å². The molecule has 4 aliphatic heterocycles. The second-order valence-electron chi connectivity index (χ2n) is 11.5. The summed E-state index contributed by atoms with van der Waals surface area (Å²) in [5.41, 5.74) is 1.32. The van der Waals surface area contributed by atoms with E-state index in [-0.39, 0.29) is 50.4 Å². The molecule has 10 heteroatoms. The molecule has 5 rings (SSSR count). The van der Waals surface area contributed by atoms with Crippen LogP contribution in [0.3, 0.4) is 0 Å². The van der Waals surface area contributed by atoms with Crippen molar-refractivity contribution >= 4 is 29.4 Å². The van der Waals surface area contributed by atoms with Gasteiger partial charge in [-0.15, -0.1) is 0 Å². The number of anilines is 1. The molecule has 0 aliphatic carbocycles. The van der Waals surface area contributed by atoms with Gasteiger partial charge in [0, 0.05) is 31.8 Å². The van der Waals surface area contributed by atoms with Gasteiger partial charge in [0.25, 0.3) is 5.91 Å². The smallest absolute Gasteiger partial charge is 0.313 e. The zero-order valence-corrected chi connectivity index (χ0v) is 23.9. The molecule has 2 saturated heterocycles. The molecular formula is C31H39N3O7. The first-order valence-corrected chi connectivity index (χ1v) is 14.5. The maximum absolute atomic E-state index is 14.5. The van der Waals surface area contributed by atoms with Crippen LogP contribution in [-0.4, -0.2) is 83.8 Å². The zero-order chi connectivity index (χ0) is 29.3. The average molecular weight is 566 g/mol. The fourth-order valence-electron chi connectivity index (χ4n) is 6.52. The minimum Gasteiger partial charge on any atom is -0.460 e. The summed E-state index contributed by atoms with van der Waals surface area (Å²) in [7, 11) is 0. The molecule has 2 fully saturated rings. The lowest BCUT2D eigenvalue weighted by Gasteiger charge is -2.35. The van der Waals surface area contributed by atoms with Crippen LogP contribution in [0.25, 0.3) is 0 Å². The number of carbonyl (C=O) groups is 4. The number of hydrogen-bond acceptors (Lipinski definition) is 7. The van der Waals surface area contributed by atoms with Gasteiger partial charge in [0.1, 0.15) is 23.7 Å². The summed E-state index contributed by atoms with van der Waals surface area (Å²) in [6, 6.07) is 4.92. The third-order valence-electron chi connectivity index (χ3n) is 8.50. The fraction of sp³-hybridized carbons (Fsp3) is 0.548. The first kappa shape index (κ1) is 29.0. The highest BCUT2D eigenvalue weighted by atomic mass is 16.6. The van der Waals surface area contributed by atoms with Crippen LogP contribution in [0.1, 0.15) is 43.7 Å². The van der Waals surface area contributed by atoms with E-state index in [0.717, 1.165) is 16.8 Å². The van der Waals surface area contributed by atoms with E-state index in [1.165, 1.54) is 0 Å². The normalized spacial score (nSPS) is 32.7. The molecule has 41 heavy (non-hydrogen) atoms. The zero-order valence-electron chi connectivity index (χ0n) is 23.9. The van der Waals surface area contributed by atoms with Crippen LogP contribution >= 0.6 is 0 Å². The number of amides is 3. The van der Waals surface area contributed by atoms with Gasteiger partial charge in [0.05, 0.1) is 18.6 Å². The first-order valence-electron chi connectivity index (χ1n) is 14.5. The molecule has 2 N–H and O–H groups in total. The quantitative estimate of drug-likeness (QED) is 0.318. The highest BCUT2D eigenvalue weighted by Crippen LogP contribution is 2.53. The number of likely N-dealkylation sites (tertiary alicyclic amines) is 1. The van der Waals surface area contributed by atoms with Gasteiger partial charge in [-0.2, -0.15) is 0 Å². The van der Waals surface area contributed by atoms with Crippen molar-refractivity contribution < 1.29 is 33.8 Å². The number of fused-ring (bicyclic) bond motifs is 2. The van der Waals surface area contributed by atoms with Gasteiger partial charge in [-0.05, 0) is 57.2 Å². The van der Waals surface area contributed by atoms with E-state index in [4.69, 9.17) is 9.47 Å². The molecule has 0 aromatic heterocycles. The highest BCUT2D eigenvalue weighted by Gasteiger charge is 2.71. The molecule has 0 saturated carbocycles. The average Bonchev–Trinajstić information content (AvgIpc) is 3.31. The molecule has 0 radical (unpaired) electrons. The van der Waals surface area contributed by atoms with Crippen LogP contribution in [0.5, 0.6) is 0 Å². The van der Waals surface area contributed by atoms with Crippen molar-refractivity contribution in [3.8, 4) is 0 Å². The van der Waals surface area contributed by atoms with E-state index in [1.54, 1.807) is 35.0 Å². The molecule has 1 aromatic carbocycles. The Bertz CT molecular complexity index is 1280. The number of aliphatic hydroxyl groups is 1. The Kier molecular flexibility index (Phi) is 8.33. The lowest BCUT2D eigenvalue weighted by atomic mass is 9.78. The molecule has 220 valence electrons. The van der Waals surface area contributed by atoms with Crippen molar-refractivity contribution in [2.24, 2.45) is 11.8 Å². The van der Waals surface area contributed by atoms with Gasteiger partial charge in [-0.25, -0.2) is 0 Å². The Morgan fingerprint density at radius 2 is 1.90 bits per heavy atom. The van der Waals surface area contributed by atoms with Crippen molar-refractivity contribution in [3.05, 3.63) is 53.6 Å². The Morgan fingerprint density at radius 1 is 1.10 bits per heavy atom. The number of esters is 1. The number of unbranched alkanes of at least 4 members (excludes halogenated alkanes) is 1. The van der Waals surface area contributed by atoms with E-state index >= 15 is 0 Å². The second-order valence-corrected chi connectivity index (χ2v) is 11.5. The summed E-state index contributed by atoms with van der Waals surface area (Å²) in [5, 5.41) is 12.2. The summed E-state index contributed by atoms with van der Waals surface area (Å²) in [5.74, 6) is -3.28. The minimum atomic E-state index is -1.38. The monoisotopic (exact) mass is 565 g/mol. The highest BCUT2D eigenvalue weighted by molar-refractivity contribution is 6.06. The van der Waals surface area contributed by atoms with Gasteiger partial charge in [0.2, 0.25) is 11.8 Å². The van der Waals surface area contributed by atoms with Crippen LogP contribution in [-0.2, 0) is 28.7 Å². The van der Waals surface area contributed by atoms with Crippen molar-refractivity contribution in [3.63, 3.8) is 0 Å². The number of carbonyl (C=O) groups excluding carboxylic acids is 4. The molecule has 1 spiro atoms. The van der Waals surface area contributed by atoms with Gasteiger partial charge >= 0.3 is 5.97 Å². The van der Waals surface area contributed by atoms with Gasteiger partial charge < -0.3 is 29.7 Å². The second kappa shape index (κ2) is 11.8. The molecule has 10 nitrogen and oxygen atoms in total. The van der Waals surface area contributed by atoms with E-state index in [2.05, 4.69) is 5.32 Å². The molecule has 1 aromatic rings. The molecule has 3 amide bonds. The summed E-state index contributed by atoms with van der Waals surface area (Å²) in [6.07, 6.45) is 7.44. The Morgan fingerprint density at radius 3 is 2.68 bits per heavy atom. The number of aryl methyl sites for hydroxylation is 2. The number of aliphatic hydroxyl groups excluding tert-OH is 1. The van der Waals surface area contributed by atoms with E-state index in [1.807, 2.05) is 38.1 Å². The van der Waals surface area contributed by atoms with Crippen LogP contribution in [0.15, 0.2) is 42.5 Å². The molecule has 4 aliphatic rings. The van der Waals surface area contributed by atoms with Crippen molar-refractivity contribution in [1.82, 2.24) is 10.2 Å². The molecule has 4 heterocycles. The fourth-order valence-corrected chi connectivity index (χ4v) is 6.52. The lowest BCUT2D eigenvalue weighted by molar-refractivity contribution is -0.158.